The van der Waals surface area contributed by atoms with Crippen molar-refractivity contribution >= 4 is 11.7 Å². The number of urea groups is 1. The number of amides is 2. The topological polar surface area (TPSA) is 67.6 Å². The molecule has 0 spiro atoms. The Hall–Kier alpha value is -1.75. The maximum Gasteiger partial charge on any atom is 0.321 e. The lowest BCUT2D eigenvalue weighted by Gasteiger charge is -2.33. The molecule has 0 radical (unpaired) electrons. The van der Waals surface area contributed by atoms with Crippen LogP contribution in [0.25, 0.3) is 0 Å². The van der Waals surface area contributed by atoms with Crippen molar-refractivity contribution in [1.82, 2.24) is 4.90 Å². The van der Waals surface area contributed by atoms with Crippen LogP contribution in [0.4, 0.5) is 10.5 Å². The molecule has 2 rings (SSSR count). The van der Waals surface area contributed by atoms with Gasteiger partial charge in [-0.2, -0.15) is 0 Å². The second-order valence-corrected chi connectivity index (χ2v) is 5.31. The van der Waals surface area contributed by atoms with Crippen LogP contribution in [0.5, 0.6) is 5.75 Å². The van der Waals surface area contributed by atoms with Crippen LogP contribution in [0, 0.1) is 5.92 Å². The summed E-state index contributed by atoms with van der Waals surface area (Å²) in [5.74, 6) is 1.19. The van der Waals surface area contributed by atoms with Gasteiger partial charge in [0.15, 0.2) is 0 Å². The fourth-order valence-corrected chi connectivity index (χ4v) is 2.57. The molecular weight excluding hydrogens is 254 g/mol. The molecule has 5 heteroatoms. The predicted octanol–water partition coefficient (Wildman–Crippen LogP) is 2.29. The summed E-state index contributed by atoms with van der Waals surface area (Å²) < 4.78 is 5.23. The van der Waals surface area contributed by atoms with Gasteiger partial charge in [0.2, 0.25) is 0 Å². The number of nitrogens with one attached hydrogen (secondary N) is 1. The van der Waals surface area contributed by atoms with E-state index in [1.807, 2.05) is 36.1 Å². The third-order valence-electron chi connectivity index (χ3n) is 3.92. The molecule has 0 saturated carbocycles. The number of rotatable bonds is 3. The lowest BCUT2D eigenvalue weighted by Crippen LogP contribution is -2.44. The first-order valence-electron chi connectivity index (χ1n) is 7.06. The maximum atomic E-state index is 12.2. The summed E-state index contributed by atoms with van der Waals surface area (Å²) in [7, 11) is 1.60. The summed E-state index contributed by atoms with van der Waals surface area (Å²) in [5, 5.41) is 2.91. The highest BCUT2D eigenvalue weighted by Gasteiger charge is 2.25. The van der Waals surface area contributed by atoms with E-state index in [1.165, 1.54) is 0 Å². The Bertz CT molecular complexity index is 454. The molecule has 5 nitrogen and oxygen atoms in total. The Morgan fingerprint density at radius 2 is 2.05 bits per heavy atom. The molecule has 1 aliphatic heterocycles. The van der Waals surface area contributed by atoms with E-state index in [1.54, 1.807) is 7.11 Å². The highest BCUT2D eigenvalue weighted by atomic mass is 16.5. The quantitative estimate of drug-likeness (QED) is 0.890. The highest BCUT2D eigenvalue weighted by molar-refractivity contribution is 5.91. The number of anilines is 1. The first-order valence-corrected chi connectivity index (χ1v) is 7.06. The largest absolute Gasteiger partial charge is 0.495 e. The van der Waals surface area contributed by atoms with E-state index in [2.05, 4.69) is 5.32 Å². The minimum Gasteiger partial charge on any atom is -0.495 e. The molecule has 1 aromatic carbocycles. The molecule has 1 unspecified atom stereocenters. The van der Waals surface area contributed by atoms with E-state index in [9.17, 15) is 4.79 Å². The van der Waals surface area contributed by atoms with E-state index in [0.717, 1.165) is 25.9 Å². The lowest BCUT2D eigenvalue weighted by molar-refractivity contribution is 0.176. The number of nitrogens with two attached hydrogens (primary N) is 1. The van der Waals surface area contributed by atoms with Crippen LogP contribution >= 0.6 is 0 Å². The van der Waals surface area contributed by atoms with Crippen molar-refractivity contribution in [3.8, 4) is 5.75 Å². The van der Waals surface area contributed by atoms with Crippen molar-refractivity contribution in [3.63, 3.8) is 0 Å². The SMILES string of the molecule is COc1ccccc1NC(=O)N1CCC(C(C)N)CC1. The molecule has 1 atom stereocenters. The average Bonchev–Trinajstić information content (AvgIpc) is 2.48. The number of para-hydroxylation sites is 2. The van der Waals surface area contributed by atoms with Crippen molar-refractivity contribution in [2.24, 2.45) is 11.7 Å². The van der Waals surface area contributed by atoms with Crippen molar-refractivity contribution in [1.29, 1.82) is 0 Å². The number of benzene rings is 1. The smallest absolute Gasteiger partial charge is 0.321 e. The summed E-state index contributed by atoms with van der Waals surface area (Å²) in [6.07, 6.45) is 1.94. The van der Waals surface area contributed by atoms with Gasteiger partial charge in [0.1, 0.15) is 5.75 Å². The van der Waals surface area contributed by atoms with Crippen LogP contribution in [0.15, 0.2) is 24.3 Å². The number of piperidine rings is 1. The third-order valence-corrected chi connectivity index (χ3v) is 3.92. The van der Waals surface area contributed by atoms with Gasteiger partial charge in [0, 0.05) is 19.1 Å². The molecule has 110 valence electrons. The third kappa shape index (κ3) is 3.42. The monoisotopic (exact) mass is 277 g/mol. The summed E-state index contributed by atoms with van der Waals surface area (Å²) in [6.45, 7) is 3.55. The van der Waals surface area contributed by atoms with E-state index in [4.69, 9.17) is 10.5 Å². The summed E-state index contributed by atoms with van der Waals surface area (Å²) >= 11 is 0. The molecule has 0 aromatic heterocycles. The van der Waals surface area contributed by atoms with Gasteiger partial charge in [-0.3, -0.25) is 0 Å². The summed E-state index contributed by atoms with van der Waals surface area (Å²) in [4.78, 5) is 14.1. The molecule has 3 N–H and O–H groups in total. The lowest BCUT2D eigenvalue weighted by atomic mass is 9.91. The molecule has 1 fully saturated rings. The average molecular weight is 277 g/mol. The van der Waals surface area contributed by atoms with Crippen molar-refractivity contribution in [2.45, 2.75) is 25.8 Å². The minimum absolute atomic E-state index is 0.0716. The van der Waals surface area contributed by atoms with Crippen molar-refractivity contribution in [2.75, 3.05) is 25.5 Å². The van der Waals surface area contributed by atoms with Gasteiger partial charge in [-0.1, -0.05) is 12.1 Å². The number of carbonyl (C=O) groups excluding carboxylic acids is 1. The number of carbonyl (C=O) groups is 1. The van der Waals surface area contributed by atoms with E-state index < -0.39 is 0 Å². The first kappa shape index (κ1) is 14.7. The van der Waals surface area contributed by atoms with E-state index in [0.29, 0.717) is 17.4 Å². The van der Waals surface area contributed by atoms with Crippen LogP contribution < -0.4 is 15.8 Å². The molecule has 1 saturated heterocycles. The number of methoxy groups -OCH3 is 1. The number of nitrogens with zero attached hydrogens (tertiary/aromatic N) is 1. The minimum atomic E-state index is -0.0716. The Morgan fingerprint density at radius 1 is 1.40 bits per heavy atom. The zero-order valence-corrected chi connectivity index (χ0v) is 12.1. The van der Waals surface area contributed by atoms with Gasteiger partial charge in [-0.25, -0.2) is 4.79 Å². The molecule has 0 bridgehead atoms. The molecule has 0 aliphatic carbocycles. The second kappa shape index (κ2) is 6.61. The number of hydrogen-bond donors (Lipinski definition) is 2. The summed E-state index contributed by atoms with van der Waals surface area (Å²) in [6, 6.07) is 7.55. The normalized spacial score (nSPS) is 17.6. The van der Waals surface area contributed by atoms with Crippen molar-refractivity contribution < 1.29 is 9.53 Å². The van der Waals surface area contributed by atoms with Crippen molar-refractivity contribution in [3.05, 3.63) is 24.3 Å². The molecule has 2 amide bonds. The second-order valence-electron chi connectivity index (χ2n) is 5.31. The molecule has 1 heterocycles. The fourth-order valence-electron chi connectivity index (χ4n) is 2.57. The predicted molar refractivity (Wildman–Crippen MR) is 80.0 cm³/mol. The van der Waals surface area contributed by atoms with Gasteiger partial charge in [-0.15, -0.1) is 0 Å². The van der Waals surface area contributed by atoms with E-state index >= 15 is 0 Å². The Labute approximate surface area is 120 Å². The zero-order chi connectivity index (χ0) is 14.5. The Kier molecular flexibility index (Phi) is 4.84. The van der Waals surface area contributed by atoms with Crippen LogP contribution in [0.2, 0.25) is 0 Å². The number of likely N-dealkylation sites (tertiary alicyclic amines) is 1. The molecule has 20 heavy (non-hydrogen) atoms. The fraction of sp³-hybridized carbons (Fsp3) is 0.533. The molecular formula is C15H23N3O2. The van der Waals surface area contributed by atoms with Gasteiger partial charge in [-0.05, 0) is 37.8 Å². The van der Waals surface area contributed by atoms with Crippen LogP contribution in [-0.4, -0.2) is 37.2 Å². The standard InChI is InChI=1S/C15H23N3O2/c1-11(16)12-7-9-18(10-8-12)15(19)17-13-5-3-4-6-14(13)20-2/h3-6,11-12H,7-10,16H2,1-2H3,(H,17,19). The van der Waals surface area contributed by atoms with E-state index in [-0.39, 0.29) is 12.1 Å². The highest BCUT2D eigenvalue weighted by Crippen LogP contribution is 2.25. The maximum absolute atomic E-state index is 12.2. The van der Waals surface area contributed by atoms with Crippen LogP contribution in [-0.2, 0) is 0 Å². The number of ether oxygens (including phenoxy) is 1. The van der Waals surface area contributed by atoms with Crippen LogP contribution in [0.1, 0.15) is 19.8 Å². The zero-order valence-electron chi connectivity index (χ0n) is 12.1. The van der Waals surface area contributed by atoms with Gasteiger partial charge in [0.25, 0.3) is 0 Å². The summed E-state index contributed by atoms with van der Waals surface area (Å²) in [5.41, 5.74) is 6.62. The van der Waals surface area contributed by atoms with Gasteiger partial charge >= 0.3 is 6.03 Å². The van der Waals surface area contributed by atoms with Gasteiger partial charge < -0.3 is 20.7 Å². The molecule has 1 aromatic rings. The Morgan fingerprint density at radius 3 is 2.65 bits per heavy atom. The Balaban J connectivity index is 1.93. The van der Waals surface area contributed by atoms with Gasteiger partial charge in [0.05, 0.1) is 12.8 Å². The molecule has 1 aliphatic rings. The first-order chi connectivity index (χ1) is 9.61. The number of hydrogen-bond acceptors (Lipinski definition) is 3. The van der Waals surface area contributed by atoms with Crippen LogP contribution in [0.3, 0.4) is 0 Å².